The van der Waals surface area contributed by atoms with Crippen molar-refractivity contribution in [1.82, 2.24) is 0 Å². The number of amidine groups is 1. The largest absolute Gasteiger partial charge is 0.378 e. The second kappa shape index (κ2) is 4.83. The van der Waals surface area contributed by atoms with Gasteiger partial charge in [0.1, 0.15) is 0 Å². The normalized spacial score (nSPS) is 17.3. The molecule has 0 spiro atoms. The molecule has 5 rings (SSSR count). The average molecular weight is 320 g/mol. The van der Waals surface area contributed by atoms with Crippen molar-refractivity contribution in [2.75, 3.05) is 0 Å². The second-order valence-corrected chi connectivity index (χ2v) is 6.96. The Morgan fingerprint density at radius 2 is 1.65 bits per heavy atom. The molecule has 0 unspecified atom stereocenters. The van der Waals surface area contributed by atoms with E-state index in [1.807, 2.05) is 18.2 Å². The molecule has 4 aromatic carbocycles. The number of hydrogen-bond acceptors (Lipinski definition) is 3. The van der Waals surface area contributed by atoms with Gasteiger partial charge in [-0.1, -0.05) is 30.3 Å². The van der Waals surface area contributed by atoms with E-state index < -0.39 is 0 Å². The van der Waals surface area contributed by atoms with E-state index in [0.717, 1.165) is 5.22 Å². The van der Waals surface area contributed by atoms with Crippen molar-refractivity contribution in [3.05, 3.63) is 52.2 Å². The van der Waals surface area contributed by atoms with E-state index in [-0.39, 0.29) is 5.91 Å². The summed E-state index contributed by atoms with van der Waals surface area (Å²) in [6, 6.07) is 10.3. The highest BCUT2D eigenvalue weighted by atomic mass is 32.2. The molecule has 0 aliphatic carbocycles. The van der Waals surface area contributed by atoms with Gasteiger partial charge >= 0.3 is 0 Å². The molecule has 0 fully saturated rings. The van der Waals surface area contributed by atoms with Gasteiger partial charge in [0.2, 0.25) is 0 Å². The molecule has 1 amide bonds. The number of amides is 1. The summed E-state index contributed by atoms with van der Waals surface area (Å²) in [6.45, 7) is 6.41. The van der Waals surface area contributed by atoms with Gasteiger partial charge in [0.05, 0.1) is 4.91 Å². The zero-order valence-corrected chi connectivity index (χ0v) is 14.0. The maximum Gasteiger partial charge on any atom is 0.286 e. The lowest BCUT2D eigenvalue weighted by Gasteiger charge is -2.24. The predicted molar refractivity (Wildman–Crippen MR) is 97.6 cm³/mol. The first-order valence-electron chi connectivity index (χ1n) is 7.51. The lowest BCUT2D eigenvalue weighted by atomic mass is 9.80. The van der Waals surface area contributed by atoms with Gasteiger partial charge in [0.15, 0.2) is 5.17 Å². The summed E-state index contributed by atoms with van der Waals surface area (Å²) < 4.78 is 0. The number of benzene rings is 3. The summed E-state index contributed by atoms with van der Waals surface area (Å²) >= 11 is 1.28. The van der Waals surface area contributed by atoms with E-state index in [9.17, 15) is 4.79 Å². The monoisotopic (exact) mass is 320 g/mol. The number of nitrogens with two attached hydrogens (primary N) is 1. The average Bonchev–Trinajstić information content (AvgIpc) is 2.86. The van der Waals surface area contributed by atoms with Crippen LogP contribution in [0.25, 0.3) is 26.8 Å². The third-order valence-electron chi connectivity index (χ3n) is 4.71. The number of rotatable bonds is 1. The van der Waals surface area contributed by atoms with Crippen molar-refractivity contribution in [3.8, 4) is 11.1 Å². The SMILES string of the molecule is Cc1c(C)c2c(C)c(c1-c1ccccc1)/c2=C1\SC(N)=NC1=O. The molecular weight excluding hydrogens is 304 g/mol. The molecule has 114 valence electrons. The highest BCUT2D eigenvalue weighted by molar-refractivity contribution is 8.23. The Hall–Kier alpha value is -2.33. The maximum atomic E-state index is 12.2. The minimum Gasteiger partial charge on any atom is -0.378 e. The Bertz CT molecular complexity index is 1030. The number of carbonyl (C=O) groups is 1. The standard InChI is InChI=1S/C19H16N2OS/c1-9-10(2)14(12-7-5-4-6-8-12)15-11(3)13(9)16(15)17-18(22)21-19(20)23-17/h4-8H,1-3H3,(H2,20,21,22)/b17-16-. The number of fused-ring (bicyclic) bond motifs is 2. The number of nitrogens with zero attached hydrogens (tertiary/aromatic N) is 1. The molecule has 1 heterocycles. The molecule has 0 saturated heterocycles. The quantitative estimate of drug-likeness (QED) is 0.748. The van der Waals surface area contributed by atoms with E-state index in [2.05, 4.69) is 37.9 Å². The lowest BCUT2D eigenvalue weighted by molar-refractivity contribution is -0.112. The molecule has 0 atom stereocenters. The molecule has 0 radical (unpaired) electrons. The summed E-state index contributed by atoms with van der Waals surface area (Å²) in [4.78, 5) is 16.7. The number of aryl methyl sites for hydroxylation is 2. The van der Waals surface area contributed by atoms with Gasteiger partial charge in [-0.05, 0) is 71.1 Å². The highest BCUT2D eigenvalue weighted by Gasteiger charge is 2.28. The van der Waals surface area contributed by atoms with Crippen molar-refractivity contribution in [2.24, 2.45) is 10.7 Å². The zero-order valence-electron chi connectivity index (χ0n) is 13.2. The molecule has 1 aliphatic heterocycles. The molecule has 1 aliphatic rings. The van der Waals surface area contributed by atoms with E-state index >= 15 is 0 Å². The predicted octanol–water partition coefficient (Wildman–Crippen LogP) is 3.29. The van der Waals surface area contributed by atoms with Crippen LogP contribution in [-0.4, -0.2) is 11.1 Å². The minimum absolute atomic E-state index is 0.218. The molecule has 3 nitrogen and oxygen atoms in total. The van der Waals surface area contributed by atoms with Gasteiger partial charge in [-0.25, -0.2) is 0 Å². The van der Waals surface area contributed by atoms with E-state index in [0.29, 0.717) is 10.1 Å². The fourth-order valence-electron chi connectivity index (χ4n) is 3.58. The van der Waals surface area contributed by atoms with Crippen LogP contribution in [0.15, 0.2) is 35.3 Å². The van der Waals surface area contributed by atoms with E-state index in [1.54, 1.807) is 0 Å². The number of hydrogen-bond donors (Lipinski definition) is 1. The number of carbonyl (C=O) groups excluding carboxylic acids is 1. The molecular formula is C19H16N2OS. The third-order valence-corrected chi connectivity index (χ3v) is 5.60. The van der Waals surface area contributed by atoms with Crippen molar-refractivity contribution in [3.63, 3.8) is 0 Å². The Balaban J connectivity index is 2.13. The van der Waals surface area contributed by atoms with Crippen LogP contribution in [-0.2, 0) is 4.79 Å². The van der Waals surface area contributed by atoms with Crippen molar-refractivity contribution in [2.45, 2.75) is 20.8 Å². The fraction of sp³-hybridized carbons (Fsp3) is 0.158. The molecule has 4 heteroatoms. The molecule has 0 aromatic heterocycles. The number of thioether (sulfide) groups is 1. The first kappa shape index (κ1) is 14.3. The van der Waals surface area contributed by atoms with Gasteiger partial charge in [-0.15, -0.1) is 0 Å². The van der Waals surface area contributed by atoms with Crippen molar-refractivity contribution >= 4 is 38.5 Å². The van der Waals surface area contributed by atoms with Gasteiger partial charge in [0, 0.05) is 5.22 Å². The Kier molecular flexibility index (Phi) is 3.00. The van der Waals surface area contributed by atoms with Crippen LogP contribution in [0.5, 0.6) is 0 Å². The summed E-state index contributed by atoms with van der Waals surface area (Å²) in [6.07, 6.45) is 0. The van der Waals surface area contributed by atoms with Crippen LogP contribution < -0.4 is 11.0 Å². The minimum atomic E-state index is -0.218. The van der Waals surface area contributed by atoms with Crippen LogP contribution in [0, 0.1) is 20.8 Å². The second-order valence-electron chi connectivity index (χ2n) is 5.93. The van der Waals surface area contributed by atoms with Crippen LogP contribution in [0.2, 0.25) is 0 Å². The zero-order chi connectivity index (χ0) is 16.3. The topological polar surface area (TPSA) is 55.4 Å². The van der Waals surface area contributed by atoms with Crippen LogP contribution >= 0.6 is 11.8 Å². The Morgan fingerprint density at radius 1 is 0.957 bits per heavy atom. The molecule has 4 aromatic rings. The smallest absolute Gasteiger partial charge is 0.286 e. The molecule has 2 bridgehead atoms. The molecule has 2 N–H and O–H groups in total. The summed E-state index contributed by atoms with van der Waals surface area (Å²) in [5.74, 6) is -0.218. The highest BCUT2D eigenvalue weighted by Crippen LogP contribution is 2.39. The first-order valence-corrected chi connectivity index (χ1v) is 8.33. The van der Waals surface area contributed by atoms with Crippen LogP contribution in [0.4, 0.5) is 0 Å². The van der Waals surface area contributed by atoms with Crippen molar-refractivity contribution < 1.29 is 4.79 Å². The van der Waals surface area contributed by atoms with Crippen LogP contribution in [0.1, 0.15) is 16.7 Å². The summed E-state index contributed by atoms with van der Waals surface area (Å²) in [5, 5.41) is 3.73. The van der Waals surface area contributed by atoms with Crippen molar-refractivity contribution in [1.29, 1.82) is 0 Å². The van der Waals surface area contributed by atoms with Gasteiger partial charge < -0.3 is 5.73 Å². The third kappa shape index (κ3) is 1.85. The van der Waals surface area contributed by atoms with Crippen LogP contribution in [0.3, 0.4) is 0 Å². The number of aliphatic imine (C=N–C) groups is 1. The van der Waals surface area contributed by atoms with Gasteiger partial charge in [-0.3, -0.25) is 4.79 Å². The Labute approximate surface area is 138 Å². The lowest BCUT2D eigenvalue weighted by Crippen LogP contribution is -2.22. The summed E-state index contributed by atoms with van der Waals surface area (Å²) in [7, 11) is 0. The van der Waals surface area contributed by atoms with E-state index in [4.69, 9.17) is 5.73 Å². The van der Waals surface area contributed by atoms with Gasteiger partial charge in [-0.2, -0.15) is 4.99 Å². The Morgan fingerprint density at radius 3 is 2.26 bits per heavy atom. The van der Waals surface area contributed by atoms with E-state index in [1.165, 1.54) is 50.4 Å². The fourth-order valence-corrected chi connectivity index (χ4v) is 4.36. The first-order chi connectivity index (χ1) is 11.0. The maximum absolute atomic E-state index is 12.2. The van der Waals surface area contributed by atoms with Gasteiger partial charge in [0.25, 0.3) is 5.91 Å². The molecule has 23 heavy (non-hydrogen) atoms. The molecule has 0 saturated carbocycles. The summed E-state index contributed by atoms with van der Waals surface area (Å²) in [5.41, 5.74) is 11.9.